The van der Waals surface area contributed by atoms with E-state index in [4.69, 9.17) is 9.47 Å². The molecule has 1 aromatic heterocycles. The summed E-state index contributed by atoms with van der Waals surface area (Å²) in [6, 6.07) is 11.0. The van der Waals surface area contributed by atoms with E-state index in [0.29, 0.717) is 34.5 Å². The highest BCUT2D eigenvalue weighted by Gasteiger charge is 2.24. The number of thioether (sulfide) groups is 1. The monoisotopic (exact) mass is 468 g/mol. The highest BCUT2D eigenvalue weighted by Crippen LogP contribution is 2.31. The summed E-state index contributed by atoms with van der Waals surface area (Å²) < 4.78 is 26.5. The predicted octanol–water partition coefficient (Wildman–Crippen LogP) is 3.88. The largest absolute Gasteiger partial charge is 0.483 e. The van der Waals surface area contributed by atoms with Crippen molar-refractivity contribution in [3.05, 3.63) is 72.3 Å². The molecule has 0 bridgehead atoms. The minimum atomic E-state index is -0.489. The Morgan fingerprint density at radius 2 is 2.18 bits per heavy atom. The van der Waals surface area contributed by atoms with Crippen LogP contribution in [0.3, 0.4) is 0 Å². The lowest BCUT2D eigenvalue weighted by molar-refractivity contribution is -0.118. The van der Waals surface area contributed by atoms with E-state index in [-0.39, 0.29) is 30.7 Å². The van der Waals surface area contributed by atoms with Crippen molar-refractivity contribution in [1.29, 1.82) is 0 Å². The first-order valence-corrected chi connectivity index (χ1v) is 11.0. The number of fused-ring (bicyclic) bond motifs is 1. The van der Waals surface area contributed by atoms with Gasteiger partial charge in [-0.05, 0) is 37.3 Å². The molecule has 0 aliphatic carbocycles. The maximum Gasteiger partial charge on any atom is 0.262 e. The fourth-order valence-corrected chi connectivity index (χ4v) is 4.17. The van der Waals surface area contributed by atoms with E-state index in [0.717, 1.165) is 0 Å². The lowest BCUT2D eigenvalue weighted by Crippen LogP contribution is -2.25. The number of ketones is 1. The van der Waals surface area contributed by atoms with Gasteiger partial charge in [0.05, 0.1) is 10.9 Å². The molecule has 1 N–H and O–H groups in total. The quantitative estimate of drug-likeness (QED) is 0.289. The molecule has 1 amide bonds. The standard InChI is InChI=1S/C23H21FN4O4S/c1-3-10-28-20(12-31-18-7-5-4-6-16(18)24)26-27-23(28)33-14(2)22(30)15-8-9-19-17(11-15)25-21(29)13-32-19/h3-9,11,14H,1,10,12-13H2,2H3,(H,25,29)/t14-/m1/s1. The molecular formula is C23H21FN4O4S. The van der Waals surface area contributed by atoms with Gasteiger partial charge in [0.1, 0.15) is 12.4 Å². The van der Waals surface area contributed by atoms with Gasteiger partial charge in [-0.3, -0.25) is 14.2 Å². The second kappa shape index (κ2) is 9.86. The summed E-state index contributed by atoms with van der Waals surface area (Å²) in [5, 5.41) is 11.1. The van der Waals surface area contributed by atoms with E-state index in [1.165, 1.54) is 23.9 Å². The molecule has 3 aromatic rings. The molecule has 2 heterocycles. The van der Waals surface area contributed by atoms with E-state index in [1.54, 1.807) is 47.9 Å². The number of benzene rings is 2. The Balaban J connectivity index is 1.48. The minimum absolute atomic E-state index is 0.00911. The molecule has 33 heavy (non-hydrogen) atoms. The summed E-state index contributed by atoms with van der Waals surface area (Å²) in [6.07, 6.45) is 1.68. The van der Waals surface area contributed by atoms with Gasteiger partial charge in [-0.1, -0.05) is 30.0 Å². The molecule has 0 saturated heterocycles. The maximum atomic E-state index is 13.8. The van der Waals surface area contributed by atoms with Crippen LogP contribution in [-0.2, 0) is 17.9 Å². The highest BCUT2D eigenvalue weighted by atomic mass is 32.2. The summed E-state index contributed by atoms with van der Waals surface area (Å²) in [4.78, 5) is 24.6. The van der Waals surface area contributed by atoms with Crippen LogP contribution in [0, 0.1) is 5.82 Å². The van der Waals surface area contributed by atoms with E-state index in [2.05, 4.69) is 22.1 Å². The van der Waals surface area contributed by atoms with Crippen LogP contribution in [0.5, 0.6) is 11.5 Å². The van der Waals surface area contributed by atoms with Gasteiger partial charge in [0, 0.05) is 12.1 Å². The third-order valence-corrected chi connectivity index (χ3v) is 5.93. The smallest absolute Gasteiger partial charge is 0.262 e. The van der Waals surface area contributed by atoms with Crippen molar-refractivity contribution < 1.29 is 23.5 Å². The van der Waals surface area contributed by atoms with E-state index >= 15 is 0 Å². The number of hydrogen-bond acceptors (Lipinski definition) is 7. The third kappa shape index (κ3) is 5.06. The van der Waals surface area contributed by atoms with Crippen molar-refractivity contribution in [3.63, 3.8) is 0 Å². The predicted molar refractivity (Wildman–Crippen MR) is 121 cm³/mol. The van der Waals surface area contributed by atoms with Crippen molar-refractivity contribution >= 4 is 29.1 Å². The van der Waals surface area contributed by atoms with Gasteiger partial charge in [-0.25, -0.2) is 4.39 Å². The Kier molecular flexibility index (Phi) is 6.74. The number of para-hydroxylation sites is 1. The fraction of sp³-hybridized carbons (Fsp3) is 0.217. The Hall–Kier alpha value is -3.66. The van der Waals surface area contributed by atoms with Crippen molar-refractivity contribution in [2.24, 2.45) is 0 Å². The van der Waals surface area contributed by atoms with Crippen molar-refractivity contribution in [1.82, 2.24) is 14.8 Å². The zero-order chi connectivity index (χ0) is 23.4. The molecule has 1 aliphatic rings. The minimum Gasteiger partial charge on any atom is -0.483 e. The lowest BCUT2D eigenvalue weighted by Gasteiger charge is -2.19. The van der Waals surface area contributed by atoms with Gasteiger partial charge in [0.2, 0.25) is 0 Å². The number of anilines is 1. The molecular weight excluding hydrogens is 447 g/mol. The summed E-state index contributed by atoms with van der Waals surface area (Å²) in [7, 11) is 0. The van der Waals surface area contributed by atoms with Gasteiger partial charge >= 0.3 is 0 Å². The lowest BCUT2D eigenvalue weighted by atomic mass is 10.1. The Bertz CT molecular complexity index is 1210. The number of amides is 1. The summed E-state index contributed by atoms with van der Waals surface area (Å²) in [5.41, 5.74) is 0.911. The first-order valence-electron chi connectivity index (χ1n) is 10.1. The molecule has 0 unspecified atom stereocenters. The Morgan fingerprint density at radius 3 is 2.97 bits per heavy atom. The molecule has 0 spiro atoms. The topological polar surface area (TPSA) is 95.3 Å². The highest BCUT2D eigenvalue weighted by molar-refractivity contribution is 8.00. The number of carbonyl (C=O) groups is 2. The van der Waals surface area contributed by atoms with Gasteiger partial charge in [0.25, 0.3) is 5.91 Å². The molecule has 10 heteroatoms. The van der Waals surface area contributed by atoms with Gasteiger partial charge in [-0.2, -0.15) is 0 Å². The number of carbonyl (C=O) groups excluding carboxylic acids is 2. The zero-order valence-electron chi connectivity index (χ0n) is 17.8. The van der Waals surface area contributed by atoms with Gasteiger partial charge < -0.3 is 14.8 Å². The number of nitrogens with zero attached hydrogens (tertiary/aromatic N) is 3. The van der Waals surface area contributed by atoms with Crippen molar-refractivity contribution in [3.8, 4) is 11.5 Å². The second-order valence-electron chi connectivity index (χ2n) is 7.19. The summed E-state index contributed by atoms with van der Waals surface area (Å²) >= 11 is 1.24. The van der Waals surface area contributed by atoms with Crippen LogP contribution >= 0.6 is 11.8 Å². The first-order chi connectivity index (χ1) is 16.0. The van der Waals surface area contributed by atoms with E-state index < -0.39 is 11.1 Å². The summed E-state index contributed by atoms with van der Waals surface area (Å²) in [6.45, 7) is 5.89. The van der Waals surface area contributed by atoms with Crippen LogP contribution in [0.15, 0.2) is 60.3 Å². The SMILES string of the molecule is C=CCn1c(COc2ccccc2F)nnc1S[C@H](C)C(=O)c1ccc2c(c1)NC(=O)CO2. The first kappa shape index (κ1) is 22.5. The number of aromatic nitrogens is 3. The van der Waals surface area contributed by atoms with Crippen LogP contribution < -0.4 is 14.8 Å². The van der Waals surface area contributed by atoms with Gasteiger partial charge in [0.15, 0.2) is 34.9 Å². The molecule has 0 saturated carbocycles. The van der Waals surface area contributed by atoms with Crippen LogP contribution in [0.25, 0.3) is 0 Å². The third-order valence-electron chi connectivity index (χ3n) is 4.85. The zero-order valence-corrected chi connectivity index (χ0v) is 18.6. The fourth-order valence-electron chi connectivity index (χ4n) is 3.21. The van der Waals surface area contributed by atoms with Crippen LogP contribution in [0.1, 0.15) is 23.1 Å². The number of nitrogens with one attached hydrogen (secondary N) is 1. The summed E-state index contributed by atoms with van der Waals surface area (Å²) in [5.74, 6) is 0.252. The number of rotatable bonds is 9. The molecule has 2 aromatic carbocycles. The van der Waals surface area contributed by atoms with E-state index in [1.807, 2.05) is 0 Å². The number of ether oxygens (including phenoxy) is 2. The van der Waals surface area contributed by atoms with Crippen LogP contribution in [-0.4, -0.2) is 38.3 Å². The molecule has 1 atom stereocenters. The molecule has 0 radical (unpaired) electrons. The Morgan fingerprint density at radius 1 is 1.36 bits per heavy atom. The number of hydrogen-bond donors (Lipinski definition) is 1. The normalized spacial score (nSPS) is 13.5. The molecule has 0 fully saturated rings. The molecule has 170 valence electrons. The van der Waals surface area contributed by atoms with Crippen molar-refractivity contribution in [2.45, 2.75) is 30.5 Å². The maximum absolute atomic E-state index is 13.8. The molecule has 4 rings (SSSR count). The number of halogens is 1. The van der Waals surface area contributed by atoms with E-state index in [9.17, 15) is 14.0 Å². The number of allylic oxidation sites excluding steroid dienone is 1. The number of Topliss-reactive ketones (excluding diaryl/α,β-unsaturated/α-hetero) is 1. The van der Waals surface area contributed by atoms with Crippen LogP contribution in [0.4, 0.5) is 10.1 Å². The second-order valence-corrected chi connectivity index (χ2v) is 8.50. The molecule has 8 nitrogen and oxygen atoms in total. The molecule has 1 aliphatic heterocycles. The van der Waals surface area contributed by atoms with Crippen LogP contribution in [0.2, 0.25) is 0 Å². The van der Waals surface area contributed by atoms with Crippen molar-refractivity contribution in [2.75, 3.05) is 11.9 Å². The average molecular weight is 469 g/mol. The van der Waals surface area contributed by atoms with Gasteiger partial charge in [-0.15, -0.1) is 16.8 Å². The average Bonchev–Trinajstić information content (AvgIpc) is 3.18. The Labute approximate surface area is 193 Å².